The molecule has 0 aromatic heterocycles. The van der Waals surface area contributed by atoms with Gasteiger partial charge in [-0.2, -0.15) is 0 Å². The number of nitrogens with zero attached hydrogens (tertiary/aromatic N) is 3. The molecule has 3 amide bonds. The van der Waals surface area contributed by atoms with Gasteiger partial charge < -0.3 is 29.3 Å². The van der Waals surface area contributed by atoms with Crippen molar-refractivity contribution in [3.8, 4) is 5.75 Å². The van der Waals surface area contributed by atoms with Crippen LogP contribution in [0, 0.1) is 11.8 Å². The molecule has 1 N–H and O–H groups in total. The first-order valence-electron chi connectivity index (χ1n) is 11.6. The third-order valence-corrected chi connectivity index (χ3v) is 7.30. The molecule has 0 radical (unpaired) electrons. The summed E-state index contributed by atoms with van der Waals surface area (Å²) in [5.74, 6) is -1.56. The lowest BCUT2D eigenvalue weighted by atomic mass is 9.77. The van der Waals surface area contributed by atoms with Crippen molar-refractivity contribution in [2.45, 2.75) is 24.2 Å². The molecule has 180 valence electrons. The Kier molecular flexibility index (Phi) is 5.69. The van der Waals surface area contributed by atoms with Crippen LogP contribution in [-0.4, -0.2) is 90.8 Å². The number of carbonyl (C=O) groups excluding carboxylic acids is 3. The lowest BCUT2D eigenvalue weighted by Gasteiger charge is -2.35. The standard InChI is InChI=1S/C25H29N3O6/c1-26-12-3-6-18-19(22(26)30)20-23(31)28(14-5-15-29)21-24(32)27(13-4-11-25(20,21)34-18)16-7-9-17(33-2)10-8-16/h3-4,6-11,18-21,29H,5,12-15H2,1-2H3/t18-,19+,20-,21?,25-/m0/s1. The lowest BCUT2D eigenvalue weighted by Crippen LogP contribution is -2.55. The first-order chi connectivity index (χ1) is 16.4. The van der Waals surface area contributed by atoms with Gasteiger partial charge in [0, 0.05) is 39.0 Å². The molecular weight excluding hydrogens is 438 g/mol. The molecule has 1 unspecified atom stereocenters. The molecule has 5 rings (SSSR count). The molecular formula is C25H29N3O6. The molecule has 0 saturated carbocycles. The second kappa shape index (κ2) is 8.56. The molecule has 0 bridgehead atoms. The normalized spacial score (nSPS) is 32.4. The molecule has 9 heteroatoms. The summed E-state index contributed by atoms with van der Waals surface area (Å²) < 4.78 is 11.8. The maximum Gasteiger partial charge on any atom is 0.253 e. The largest absolute Gasteiger partial charge is 0.497 e. The molecule has 2 saturated heterocycles. The number of anilines is 1. The summed E-state index contributed by atoms with van der Waals surface area (Å²) in [6.45, 7) is 0.841. The van der Waals surface area contributed by atoms with Gasteiger partial charge in [-0.05, 0) is 30.7 Å². The van der Waals surface area contributed by atoms with Gasteiger partial charge in [-0.3, -0.25) is 14.4 Å². The Balaban J connectivity index is 1.59. The summed E-state index contributed by atoms with van der Waals surface area (Å²) >= 11 is 0. The Morgan fingerprint density at radius 1 is 1.09 bits per heavy atom. The van der Waals surface area contributed by atoms with E-state index in [-0.39, 0.29) is 30.9 Å². The Bertz CT molecular complexity index is 1050. The number of methoxy groups -OCH3 is 1. The van der Waals surface area contributed by atoms with Crippen LogP contribution in [0.3, 0.4) is 0 Å². The molecule has 1 aromatic rings. The number of likely N-dealkylation sites (tertiary alicyclic amines) is 1. The number of benzene rings is 1. The van der Waals surface area contributed by atoms with Gasteiger partial charge in [0.25, 0.3) is 5.91 Å². The van der Waals surface area contributed by atoms with Crippen molar-refractivity contribution in [3.05, 3.63) is 48.6 Å². The topological polar surface area (TPSA) is 99.6 Å². The summed E-state index contributed by atoms with van der Waals surface area (Å²) in [5.41, 5.74) is -0.577. The van der Waals surface area contributed by atoms with Gasteiger partial charge in [0.05, 0.1) is 25.0 Å². The highest BCUT2D eigenvalue weighted by molar-refractivity contribution is 6.05. The van der Waals surface area contributed by atoms with Crippen molar-refractivity contribution in [2.75, 3.05) is 45.3 Å². The predicted octanol–water partition coefficient (Wildman–Crippen LogP) is 0.589. The maximum absolute atomic E-state index is 14.1. The zero-order valence-electron chi connectivity index (χ0n) is 19.3. The summed E-state index contributed by atoms with van der Waals surface area (Å²) in [4.78, 5) is 45.9. The molecule has 1 aromatic carbocycles. The second-order valence-corrected chi connectivity index (χ2v) is 9.15. The summed E-state index contributed by atoms with van der Waals surface area (Å²) in [6.07, 6.45) is 7.11. The van der Waals surface area contributed by atoms with Crippen LogP contribution in [0.15, 0.2) is 48.6 Å². The van der Waals surface area contributed by atoms with Crippen LogP contribution in [0.4, 0.5) is 5.69 Å². The fourth-order valence-corrected chi connectivity index (χ4v) is 5.74. The van der Waals surface area contributed by atoms with Crippen LogP contribution in [0.2, 0.25) is 0 Å². The number of aliphatic hydroxyl groups is 1. The van der Waals surface area contributed by atoms with E-state index in [0.29, 0.717) is 30.9 Å². The van der Waals surface area contributed by atoms with Crippen molar-refractivity contribution < 1.29 is 29.0 Å². The van der Waals surface area contributed by atoms with E-state index in [1.54, 1.807) is 48.2 Å². The maximum atomic E-state index is 14.1. The van der Waals surface area contributed by atoms with Crippen LogP contribution < -0.4 is 9.64 Å². The van der Waals surface area contributed by atoms with E-state index < -0.39 is 29.6 Å². The van der Waals surface area contributed by atoms with Crippen molar-refractivity contribution in [2.24, 2.45) is 11.8 Å². The van der Waals surface area contributed by atoms with Gasteiger partial charge in [0.1, 0.15) is 17.4 Å². The van der Waals surface area contributed by atoms with Gasteiger partial charge in [-0.1, -0.05) is 24.3 Å². The average molecular weight is 468 g/mol. The highest BCUT2D eigenvalue weighted by atomic mass is 16.5. The number of aliphatic hydroxyl groups excluding tert-OH is 1. The number of carbonyl (C=O) groups is 3. The SMILES string of the molecule is COc1ccc(N2CC=C[C@]34O[C@H]5C=CCN(C)C(=O)[C@H]5[C@H]3C(=O)N(CCCO)C4C2=O)cc1. The van der Waals surface area contributed by atoms with Crippen LogP contribution in [0.1, 0.15) is 6.42 Å². The van der Waals surface area contributed by atoms with Crippen LogP contribution in [0.25, 0.3) is 0 Å². The van der Waals surface area contributed by atoms with Gasteiger partial charge >= 0.3 is 0 Å². The summed E-state index contributed by atoms with van der Waals surface area (Å²) in [5, 5.41) is 9.45. The molecule has 34 heavy (non-hydrogen) atoms. The van der Waals surface area contributed by atoms with Gasteiger partial charge in [-0.15, -0.1) is 0 Å². The summed E-state index contributed by atoms with van der Waals surface area (Å²) in [6, 6.07) is 6.23. The predicted molar refractivity (Wildman–Crippen MR) is 123 cm³/mol. The van der Waals surface area contributed by atoms with Crippen molar-refractivity contribution >= 4 is 23.4 Å². The Morgan fingerprint density at radius 2 is 1.85 bits per heavy atom. The number of amides is 3. The average Bonchev–Trinajstić information content (AvgIpc) is 3.16. The Morgan fingerprint density at radius 3 is 2.56 bits per heavy atom. The molecule has 2 fully saturated rings. The molecule has 0 aliphatic carbocycles. The van der Waals surface area contributed by atoms with Gasteiger partial charge in [0.15, 0.2) is 0 Å². The highest BCUT2D eigenvalue weighted by Crippen LogP contribution is 2.53. The number of hydrogen-bond acceptors (Lipinski definition) is 6. The minimum atomic E-state index is -1.25. The van der Waals surface area contributed by atoms with Crippen LogP contribution in [-0.2, 0) is 19.1 Å². The zero-order valence-corrected chi connectivity index (χ0v) is 19.3. The molecule has 4 aliphatic heterocycles. The lowest BCUT2D eigenvalue weighted by molar-refractivity contribution is -0.143. The van der Waals surface area contributed by atoms with Crippen molar-refractivity contribution in [1.29, 1.82) is 0 Å². The Hall–Kier alpha value is -3.17. The van der Waals surface area contributed by atoms with Gasteiger partial charge in [0.2, 0.25) is 11.8 Å². The summed E-state index contributed by atoms with van der Waals surface area (Å²) in [7, 11) is 3.29. The van der Waals surface area contributed by atoms with Crippen molar-refractivity contribution in [1.82, 2.24) is 9.80 Å². The minimum Gasteiger partial charge on any atom is -0.497 e. The third-order valence-electron chi connectivity index (χ3n) is 7.30. The van der Waals surface area contributed by atoms with E-state index in [1.807, 2.05) is 24.3 Å². The fourth-order valence-electron chi connectivity index (χ4n) is 5.74. The number of ether oxygens (including phenoxy) is 2. The van der Waals surface area contributed by atoms with Crippen LogP contribution in [0.5, 0.6) is 5.75 Å². The minimum absolute atomic E-state index is 0.113. The van der Waals surface area contributed by atoms with Crippen LogP contribution >= 0.6 is 0 Å². The van der Waals surface area contributed by atoms with E-state index >= 15 is 0 Å². The first-order valence-corrected chi connectivity index (χ1v) is 11.6. The van der Waals surface area contributed by atoms with Crippen molar-refractivity contribution in [3.63, 3.8) is 0 Å². The Labute approximate surface area is 198 Å². The van der Waals surface area contributed by atoms with E-state index in [0.717, 1.165) is 0 Å². The number of fused-ring (bicyclic) bond motifs is 2. The molecule has 4 heterocycles. The first kappa shape index (κ1) is 22.6. The molecule has 1 spiro atoms. The quantitative estimate of drug-likeness (QED) is 0.637. The molecule has 9 nitrogen and oxygen atoms in total. The third kappa shape index (κ3) is 3.25. The fraction of sp³-hybridized carbons (Fsp3) is 0.480. The second-order valence-electron chi connectivity index (χ2n) is 9.15. The molecule has 4 aliphatic rings. The number of likely N-dealkylation sites (N-methyl/N-ethyl adjacent to an activating group) is 1. The van der Waals surface area contributed by atoms with E-state index in [1.165, 1.54) is 4.90 Å². The van der Waals surface area contributed by atoms with E-state index in [2.05, 4.69) is 0 Å². The number of hydrogen-bond donors (Lipinski definition) is 1. The molecule has 5 atom stereocenters. The number of rotatable bonds is 5. The highest BCUT2D eigenvalue weighted by Gasteiger charge is 2.71. The van der Waals surface area contributed by atoms with E-state index in [4.69, 9.17) is 9.47 Å². The van der Waals surface area contributed by atoms with E-state index in [9.17, 15) is 19.5 Å². The zero-order chi connectivity index (χ0) is 24.0. The van der Waals surface area contributed by atoms with Gasteiger partial charge in [-0.25, -0.2) is 0 Å². The monoisotopic (exact) mass is 467 g/mol. The smallest absolute Gasteiger partial charge is 0.253 e.